The minimum atomic E-state index is -1.16. The molecule has 2 N–H and O–H groups in total. The molecule has 30 heavy (non-hydrogen) atoms. The van der Waals surface area contributed by atoms with E-state index < -0.39 is 22.9 Å². The van der Waals surface area contributed by atoms with E-state index in [-0.39, 0.29) is 29.3 Å². The van der Waals surface area contributed by atoms with E-state index in [0.717, 1.165) is 6.07 Å². The SMILES string of the molecule is COc1ccc([N+](=O)[O-])cc1NC(=O)[C@@H](C)OC(=O)Cc1coc2cc(O)ccc12. The molecule has 1 amide bonds. The summed E-state index contributed by atoms with van der Waals surface area (Å²) in [4.78, 5) is 35.0. The Morgan fingerprint density at radius 3 is 2.73 bits per heavy atom. The van der Waals surface area contributed by atoms with Crippen LogP contribution in [0.3, 0.4) is 0 Å². The zero-order valence-corrected chi connectivity index (χ0v) is 16.1. The summed E-state index contributed by atoms with van der Waals surface area (Å²) in [5, 5.41) is 23.5. The molecule has 0 radical (unpaired) electrons. The molecule has 3 aromatic rings. The van der Waals surface area contributed by atoms with E-state index in [0.29, 0.717) is 16.5 Å². The molecule has 0 spiro atoms. The first-order chi connectivity index (χ1) is 14.3. The minimum absolute atomic E-state index is 0.0350. The highest BCUT2D eigenvalue weighted by molar-refractivity contribution is 5.97. The molecule has 0 saturated carbocycles. The van der Waals surface area contributed by atoms with Gasteiger partial charge in [-0.1, -0.05) is 0 Å². The first-order valence-corrected chi connectivity index (χ1v) is 8.80. The smallest absolute Gasteiger partial charge is 0.311 e. The number of non-ortho nitro benzene ring substituents is 1. The molecule has 1 atom stereocenters. The fourth-order valence-corrected chi connectivity index (χ4v) is 2.80. The van der Waals surface area contributed by atoms with Gasteiger partial charge in [-0.3, -0.25) is 19.7 Å². The number of methoxy groups -OCH3 is 1. The lowest BCUT2D eigenvalue weighted by atomic mass is 10.1. The van der Waals surface area contributed by atoms with Crippen molar-refractivity contribution in [1.82, 2.24) is 0 Å². The number of phenolic OH excluding ortho intramolecular Hbond substituents is 1. The fraction of sp³-hybridized carbons (Fsp3) is 0.200. The normalized spacial score (nSPS) is 11.7. The topological polar surface area (TPSA) is 141 Å². The number of esters is 1. The predicted octanol–water partition coefficient (Wildman–Crippen LogP) is 3.17. The maximum Gasteiger partial charge on any atom is 0.311 e. The van der Waals surface area contributed by atoms with E-state index in [2.05, 4.69) is 5.32 Å². The van der Waals surface area contributed by atoms with Crippen LogP contribution in [0.25, 0.3) is 11.0 Å². The Hall–Kier alpha value is -4.08. The van der Waals surface area contributed by atoms with Gasteiger partial charge < -0.3 is 24.3 Å². The van der Waals surface area contributed by atoms with Crippen LogP contribution in [-0.4, -0.2) is 35.1 Å². The van der Waals surface area contributed by atoms with Gasteiger partial charge in [0.25, 0.3) is 11.6 Å². The van der Waals surface area contributed by atoms with Crippen molar-refractivity contribution in [2.24, 2.45) is 0 Å². The van der Waals surface area contributed by atoms with Crippen molar-refractivity contribution in [3.05, 3.63) is 58.3 Å². The zero-order valence-electron chi connectivity index (χ0n) is 16.1. The third-order valence-electron chi connectivity index (χ3n) is 4.30. The lowest BCUT2D eigenvalue weighted by Gasteiger charge is -2.15. The number of ether oxygens (including phenoxy) is 2. The number of carbonyl (C=O) groups excluding carboxylic acids is 2. The Balaban J connectivity index is 1.66. The Kier molecular flexibility index (Phi) is 5.86. The van der Waals surface area contributed by atoms with Crippen LogP contribution < -0.4 is 10.1 Å². The van der Waals surface area contributed by atoms with Gasteiger partial charge >= 0.3 is 5.97 Å². The van der Waals surface area contributed by atoms with E-state index in [1.807, 2.05) is 0 Å². The van der Waals surface area contributed by atoms with Crippen molar-refractivity contribution < 1.29 is 33.5 Å². The number of hydrogen-bond donors (Lipinski definition) is 2. The lowest BCUT2D eigenvalue weighted by Crippen LogP contribution is -2.30. The van der Waals surface area contributed by atoms with E-state index in [1.165, 1.54) is 44.6 Å². The number of anilines is 1. The van der Waals surface area contributed by atoms with Crippen LogP contribution in [0.4, 0.5) is 11.4 Å². The average Bonchev–Trinajstić information content (AvgIpc) is 3.09. The van der Waals surface area contributed by atoms with Crippen molar-refractivity contribution in [3.63, 3.8) is 0 Å². The fourth-order valence-electron chi connectivity index (χ4n) is 2.80. The third kappa shape index (κ3) is 4.49. The number of hydrogen-bond acceptors (Lipinski definition) is 8. The van der Waals surface area contributed by atoms with Crippen LogP contribution in [0.1, 0.15) is 12.5 Å². The summed E-state index contributed by atoms with van der Waals surface area (Å²) < 4.78 is 15.6. The van der Waals surface area contributed by atoms with Crippen molar-refractivity contribution in [2.45, 2.75) is 19.4 Å². The number of nitrogens with zero attached hydrogens (tertiary/aromatic N) is 1. The first kappa shape index (κ1) is 20.6. The summed E-state index contributed by atoms with van der Waals surface area (Å²) in [6.07, 6.45) is 0.0724. The second kappa shape index (κ2) is 8.52. The molecule has 0 fully saturated rings. The van der Waals surface area contributed by atoms with E-state index in [1.54, 1.807) is 6.07 Å². The molecule has 1 aromatic heterocycles. The quantitative estimate of drug-likeness (QED) is 0.341. The summed E-state index contributed by atoms with van der Waals surface area (Å²) in [6.45, 7) is 1.38. The number of rotatable bonds is 7. The summed E-state index contributed by atoms with van der Waals surface area (Å²) in [6, 6.07) is 8.25. The van der Waals surface area contributed by atoms with Crippen molar-refractivity contribution in [2.75, 3.05) is 12.4 Å². The molecule has 0 saturated heterocycles. The molecule has 156 valence electrons. The van der Waals surface area contributed by atoms with Gasteiger partial charge in [0.1, 0.15) is 17.1 Å². The number of aromatic hydroxyl groups is 1. The van der Waals surface area contributed by atoms with Crippen molar-refractivity contribution >= 4 is 34.2 Å². The second-order valence-corrected chi connectivity index (χ2v) is 6.38. The molecular weight excluding hydrogens is 396 g/mol. The molecule has 10 heteroatoms. The number of fused-ring (bicyclic) bond motifs is 1. The Morgan fingerprint density at radius 1 is 1.27 bits per heavy atom. The third-order valence-corrected chi connectivity index (χ3v) is 4.30. The summed E-state index contributed by atoms with van der Waals surface area (Å²) in [7, 11) is 1.36. The van der Waals surface area contributed by atoms with Crippen LogP contribution in [0.15, 0.2) is 47.1 Å². The average molecular weight is 414 g/mol. The van der Waals surface area contributed by atoms with E-state index in [9.17, 15) is 24.8 Å². The molecule has 3 rings (SSSR count). The van der Waals surface area contributed by atoms with Gasteiger partial charge in [0.2, 0.25) is 0 Å². The van der Waals surface area contributed by atoms with Gasteiger partial charge in [-0.2, -0.15) is 0 Å². The highest BCUT2D eigenvalue weighted by Crippen LogP contribution is 2.29. The van der Waals surface area contributed by atoms with Gasteiger partial charge in [0, 0.05) is 29.1 Å². The monoisotopic (exact) mass is 414 g/mol. The number of nitro groups is 1. The molecule has 2 aromatic carbocycles. The largest absolute Gasteiger partial charge is 0.508 e. The van der Waals surface area contributed by atoms with Gasteiger partial charge in [0.15, 0.2) is 6.10 Å². The summed E-state index contributed by atoms with van der Waals surface area (Å²) in [5.41, 5.74) is 0.818. The van der Waals surface area contributed by atoms with Gasteiger partial charge in [-0.15, -0.1) is 0 Å². The number of phenols is 1. The van der Waals surface area contributed by atoms with Gasteiger partial charge in [-0.05, 0) is 25.1 Å². The number of carbonyl (C=O) groups is 2. The minimum Gasteiger partial charge on any atom is -0.508 e. The van der Waals surface area contributed by atoms with Crippen LogP contribution in [-0.2, 0) is 20.7 Å². The summed E-state index contributed by atoms with van der Waals surface area (Å²) >= 11 is 0. The number of nitrogens with one attached hydrogen (secondary N) is 1. The van der Waals surface area contributed by atoms with Crippen molar-refractivity contribution in [1.29, 1.82) is 0 Å². The standard InChI is InChI=1S/C20H18N2O8/c1-11(20(25)21-16-8-13(22(26)27)3-6-17(16)28-2)30-19(24)7-12-10-29-18-9-14(23)4-5-15(12)18/h3-6,8-11,23H,7H2,1-2H3,(H,21,25)/t11-/m1/s1. The first-order valence-electron chi connectivity index (χ1n) is 8.80. The number of nitro benzene ring substituents is 1. The van der Waals surface area contributed by atoms with E-state index in [4.69, 9.17) is 13.9 Å². The van der Waals surface area contributed by atoms with Crippen LogP contribution in [0.5, 0.6) is 11.5 Å². The molecule has 0 aliphatic carbocycles. The molecular formula is C20H18N2O8. The number of benzene rings is 2. The molecule has 0 bridgehead atoms. The molecule has 10 nitrogen and oxygen atoms in total. The maximum absolute atomic E-state index is 12.4. The molecule has 0 aliphatic rings. The van der Waals surface area contributed by atoms with Gasteiger partial charge in [-0.25, -0.2) is 0 Å². The van der Waals surface area contributed by atoms with Crippen LogP contribution in [0.2, 0.25) is 0 Å². The molecule has 0 unspecified atom stereocenters. The zero-order chi connectivity index (χ0) is 21.8. The van der Waals surface area contributed by atoms with Crippen molar-refractivity contribution in [3.8, 4) is 11.5 Å². The highest BCUT2D eigenvalue weighted by atomic mass is 16.6. The lowest BCUT2D eigenvalue weighted by molar-refractivity contribution is -0.384. The second-order valence-electron chi connectivity index (χ2n) is 6.38. The maximum atomic E-state index is 12.4. The van der Waals surface area contributed by atoms with Crippen LogP contribution in [0, 0.1) is 10.1 Å². The Morgan fingerprint density at radius 2 is 2.03 bits per heavy atom. The Bertz CT molecular complexity index is 1120. The highest BCUT2D eigenvalue weighted by Gasteiger charge is 2.22. The predicted molar refractivity (Wildman–Crippen MR) is 105 cm³/mol. The Labute approximate surface area is 170 Å². The van der Waals surface area contributed by atoms with E-state index >= 15 is 0 Å². The number of amides is 1. The summed E-state index contributed by atoms with van der Waals surface area (Å²) in [5.74, 6) is -1.09. The molecule has 1 heterocycles. The van der Waals surface area contributed by atoms with Crippen LogP contribution >= 0.6 is 0 Å². The van der Waals surface area contributed by atoms with Gasteiger partial charge in [0.05, 0.1) is 30.4 Å². The molecule has 0 aliphatic heterocycles. The number of furan rings is 1.